The number of nitriles is 1. The van der Waals surface area contributed by atoms with Gasteiger partial charge in [0.15, 0.2) is 6.10 Å². The number of nitrogens with zero attached hydrogens (tertiary/aromatic N) is 1. The highest BCUT2D eigenvalue weighted by Crippen LogP contribution is 2.12. The first kappa shape index (κ1) is 12.1. The van der Waals surface area contributed by atoms with E-state index >= 15 is 0 Å². The van der Waals surface area contributed by atoms with Gasteiger partial charge in [-0.15, -0.1) is 0 Å². The average Bonchev–Trinajstić information content (AvgIpc) is 2.27. The van der Waals surface area contributed by atoms with Crippen LogP contribution in [0.15, 0.2) is 18.2 Å². The van der Waals surface area contributed by atoms with Crippen LogP contribution in [0.3, 0.4) is 0 Å². The van der Waals surface area contributed by atoms with Crippen LogP contribution in [0, 0.1) is 17.1 Å². The average molecular weight is 223 g/mol. The molecule has 0 heterocycles. The predicted molar refractivity (Wildman–Crippen MR) is 53.0 cm³/mol. The third-order valence-electron chi connectivity index (χ3n) is 2.01. The van der Waals surface area contributed by atoms with Gasteiger partial charge in [0.2, 0.25) is 0 Å². The van der Waals surface area contributed by atoms with E-state index in [4.69, 9.17) is 15.1 Å². The Morgan fingerprint density at radius 1 is 1.69 bits per heavy atom. The van der Waals surface area contributed by atoms with Crippen molar-refractivity contribution in [2.45, 2.75) is 19.6 Å². The first-order valence-electron chi connectivity index (χ1n) is 4.57. The number of rotatable bonds is 4. The van der Waals surface area contributed by atoms with E-state index in [9.17, 15) is 9.18 Å². The van der Waals surface area contributed by atoms with Crippen molar-refractivity contribution in [1.29, 1.82) is 5.26 Å². The molecule has 0 saturated heterocycles. The molecule has 0 radical (unpaired) electrons. The fourth-order valence-electron chi connectivity index (χ4n) is 1.04. The summed E-state index contributed by atoms with van der Waals surface area (Å²) in [6.45, 7) is 1.18. The minimum Gasteiger partial charge on any atom is -0.479 e. The van der Waals surface area contributed by atoms with Gasteiger partial charge in [0.1, 0.15) is 5.82 Å². The molecule has 0 saturated carbocycles. The highest BCUT2D eigenvalue weighted by Gasteiger charge is 2.12. The standard InChI is InChI=1S/C11H10FNO3/c1-7(11(14)15)16-6-9-4-8(5-13)2-3-10(9)12/h2-4,7H,6H2,1H3,(H,14,15)/t7-/m0/s1. The van der Waals surface area contributed by atoms with Crippen LogP contribution >= 0.6 is 0 Å². The molecule has 4 nitrogen and oxygen atoms in total. The molecule has 16 heavy (non-hydrogen) atoms. The van der Waals surface area contributed by atoms with E-state index in [1.165, 1.54) is 19.1 Å². The first-order chi connectivity index (χ1) is 7.54. The quantitative estimate of drug-likeness (QED) is 0.843. The second kappa shape index (κ2) is 5.24. The Hall–Kier alpha value is -1.93. The maximum absolute atomic E-state index is 13.2. The molecule has 5 heteroatoms. The van der Waals surface area contributed by atoms with Crippen LogP contribution in [0.2, 0.25) is 0 Å². The molecule has 0 aromatic heterocycles. The first-order valence-corrected chi connectivity index (χ1v) is 4.57. The molecule has 1 aromatic carbocycles. The minimum absolute atomic E-state index is 0.172. The Bertz CT molecular complexity index is 439. The van der Waals surface area contributed by atoms with Crippen molar-refractivity contribution in [1.82, 2.24) is 0 Å². The number of benzene rings is 1. The molecule has 0 spiro atoms. The zero-order valence-corrected chi connectivity index (χ0v) is 8.61. The van der Waals surface area contributed by atoms with Gasteiger partial charge in [-0.3, -0.25) is 0 Å². The smallest absolute Gasteiger partial charge is 0.332 e. The summed E-state index contributed by atoms with van der Waals surface area (Å²) in [5.74, 6) is -1.63. The van der Waals surface area contributed by atoms with Crippen molar-refractivity contribution in [2.75, 3.05) is 0 Å². The van der Waals surface area contributed by atoms with Crippen molar-refractivity contribution >= 4 is 5.97 Å². The zero-order valence-electron chi connectivity index (χ0n) is 8.61. The SMILES string of the molecule is C[C@H](OCc1cc(C#N)ccc1F)C(=O)O. The van der Waals surface area contributed by atoms with E-state index in [-0.39, 0.29) is 12.2 Å². The molecule has 0 unspecified atom stereocenters. The molecule has 0 aliphatic rings. The normalized spacial score (nSPS) is 11.8. The lowest BCUT2D eigenvalue weighted by molar-refractivity contribution is -0.149. The largest absolute Gasteiger partial charge is 0.479 e. The van der Waals surface area contributed by atoms with Crippen LogP contribution in [0.5, 0.6) is 0 Å². The summed E-state index contributed by atoms with van der Waals surface area (Å²) in [5, 5.41) is 17.2. The molecule has 0 fully saturated rings. The maximum Gasteiger partial charge on any atom is 0.332 e. The summed E-state index contributed by atoms with van der Waals surface area (Å²) in [5.41, 5.74) is 0.482. The molecule has 0 aliphatic carbocycles. The van der Waals surface area contributed by atoms with E-state index in [1.54, 1.807) is 0 Å². The van der Waals surface area contributed by atoms with E-state index < -0.39 is 17.9 Å². The molecule has 1 aromatic rings. The summed E-state index contributed by atoms with van der Waals surface area (Å²) in [7, 11) is 0. The number of carboxylic acid groups (broad SMARTS) is 1. The molecular weight excluding hydrogens is 213 g/mol. The lowest BCUT2D eigenvalue weighted by Gasteiger charge is -2.09. The van der Waals surface area contributed by atoms with Crippen LogP contribution in [0.4, 0.5) is 4.39 Å². The highest BCUT2D eigenvalue weighted by molar-refractivity contribution is 5.71. The van der Waals surface area contributed by atoms with Crippen LogP contribution in [0.25, 0.3) is 0 Å². The number of ether oxygens (including phenoxy) is 1. The van der Waals surface area contributed by atoms with Crippen molar-refractivity contribution in [3.8, 4) is 6.07 Å². The lowest BCUT2D eigenvalue weighted by Crippen LogP contribution is -2.19. The van der Waals surface area contributed by atoms with Gasteiger partial charge in [0.05, 0.1) is 18.2 Å². The van der Waals surface area contributed by atoms with E-state index in [0.29, 0.717) is 5.56 Å². The number of carboxylic acids is 1. The fourth-order valence-corrected chi connectivity index (χ4v) is 1.04. The lowest BCUT2D eigenvalue weighted by atomic mass is 10.1. The van der Waals surface area contributed by atoms with Crippen LogP contribution in [-0.2, 0) is 16.1 Å². The van der Waals surface area contributed by atoms with Gasteiger partial charge in [-0.1, -0.05) is 0 Å². The van der Waals surface area contributed by atoms with E-state index in [1.807, 2.05) is 6.07 Å². The van der Waals surface area contributed by atoms with Crippen molar-refractivity contribution < 1.29 is 19.0 Å². The van der Waals surface area contributed by atoms with Gasteiger partial charge in [-0.25, -0.2) is 9.18 Å². The van der Waals surface area contributed by atoms with Crippen LogP contribution in [0.1, 0.15) is 18.1 Å². The molecule has 1 rings (SSSR count). The predicted octanol–water partition coefficient (Wildman–Crippen LogP) is 1.69. The number of hydrogen-bond donors (Lipinski definition) is 1. The zero-order chi connectivity index (χ0) is 12.1. The Morgan fingerprint density at radius 3 is 2.94 bits per heavy atom. The molecular formula is C11H10FNO3. The second-order valence-corrected chi connectivity index (χ2v) is 3.21. The van der Waals surface area contributed by atoms with Gasteiger partial charge in [0.25, 0.3) is 0 Å². The summed E-state index contributed by atoms with van der Waals surface area (Å²) >= 11 is 0. The molecule has 84 valence electrons. The minimum atomic E-state index is -1.11. The number of halogens is 1. The number of carbonyl (C=O) groups is 1. The van der Waals surface area contributed by atoms with Gasteiger partial charge >= 0.3 is 5.97 Å². The van der Waals surface area contributed by atoms with Gasteiger partial charge in [-0.2, -0.15) is 5.26 Å². The number of hydrogen-bond acceptors (Lipinski definition) is 3. The third-order valence-corrected chi connectivity index (χ3v) is 2.01. The summed E-state index contributed by atoms with van der Waals surface area (Å²) in [6.07, 6.45) is -1.01. The van der Waals surface area contributed by atoms with Crippen molar-refractivity contribution in [3.05, 3.63) is 35.1 Å². The van der Waals surface area contributed by atoms with Crippen LogP contribution < -0.4 is 0 Å². The summed E-state index contributed by atoms with van der Waals surface area (Å²) in [6, 6.07) is 5.71. The van der Waals surface area contributed by atoms with Crippen molar-refractivity contribution in [2.24, 2.45) is 0 Å². The fraction of sp³-hybridized carbons (Fsp3) is 0.273. The summed E-state index contributed by atoms with van der Waals surface area (Å²) in [4.78, 5) is 10.5. The second-order valence-electron chi connectivity index (χ2n) is 3.21. The van der Waals surface area contributed by atoms with Gasteiger partial charge in [-0.05, 0) is 25.1 Å². The number of aliphatic carboxylic acids is 1. The molecule has 0 amide bonds. The Balaban J connectivity index is 2.74. The van der Waals surface area contributed by atoms with Gasteiger partial charge in [0, 0.05) is 5.56 Å². The van der Waals surface area contributed by atoms with E-state index in [2.05, 4.69) is 0 Å². The molecule has 0 bridgehead atoms. The van der Waals surface area contributed by atoms with Crippen LogP contribution in [-0.4, -0.2) is 17.2 Å². The Labute approximate surface area is 91.9 Å². The topological polar surface area (TPSA) is 70.3 Å². The third kappa shape index (κ3) is 3.04. The Kier molecular flexibility index (Phi) is 3.97. The maximum atomic E-state index is 13.2. The Morgan fingerprint density at radius 2 is 2.38 bits per heavy atom. The molecule has 1 N–H and O–H groups in total. The van der Waals surface area contributed by atoms with Crippen molar-refractivity contribution in [3.63, 3.8) is 0 Å². The van der Waals surface area contributed by atoms with E-state index in [0.717, 1.165) is 6.07 Å². The molecule has 1 atom stereocenters. The monoisotopic (exact) mass is 223 g/mol. The summed E-state index contributed by atoms with van der Waals surface area (Å²) < 4.78 is 18.1. The highest BCUT2D eigenvalue weighted by atomic mass is 19.1. The van der Waals surface area contributed by atoms with Gasteiger partial charge < -0.3 is 9.84 Å². The molecule has 0 aliphatic heterocycles.